The lowest BCUT2D eigenvalue weighted by atomic mass is 10.0. The molecule has 0 aromatic heterocycles. The Kier molecular flexibility index (Phi) is 10.7. The summed E-state index contributed by atoms with van der Waals surface area (Å²) in [7, 11) is 0. The summed E-state index contributed by atoms with van der Waals surface area (Å²) in [4.78, 5) is 32.3. The fraction of sp³-hybridized carbons (Fsp3) is 0.133. The van der Waals surface area contributed by atoms with Crippen molar-refractivity contribution in [3.05, 3.63) is 116 Å². The van der Waals surface area contributed by atoms with E-state index >= 15 is 13.2 Å². The van der Waals surface area contributed by atoms with Gasteiger partial charge < -0.3 is 15.5 Å². The van der Waals surface area contributed by atoms with Crippen LogP contribution < -0.4 is 15.7 Å². The molecule has 0 aliphatic heterocycles. The number of hydrogen-bond donors (Lipinski definition) is 4. The van der Waals surface area contributed by atoms with Crippen LogP contribution in [0.4, 0.5) is 49.1 Å². The van der Waals surface area contributed by atoms with Gasteiger partial charge in [0.1, 0.15) is 30.0 Å². The third-order valence-corrected chi connectivity index (χ3v) is 6.92. The van der Waals surface area contributed by atoms with Crippen molar-refractivity contribution in [2.75, 3.05) is 23.4 Å². The van der Waals surface area contributed by atoms with E-state index in [1.165, 1.54) is 25.1 Å². The van der Waals surface area contributed by atoms with Crippen LogP contribution in [0.25, 0.3) is 0 Å². The third kappa shape index (κ3) is 7.38. The molecule has 0 spiro atoms. The number of nitrogens with one attached hydrogen (secondary N) is 2. The number of hydrogen-bond acceptors (Lipinski definition) is 6. The van der Waals surface area contributed by atoms with Crippen molar-refractivity contribution in [2.45, 2.75) is 13.0 Å². The number of aliphatic hydroxyl groups excluding tert-OH is 2. The van der Waals surface area contributed by atoms with Crippen LogP contribution in [0.2, 0.25) is 0 Å². The minimum atomic E-state index is -1.81. The summed E-state index contributed by atoms with van der Waals surface area (Å²) in [5.41, 5.74) is -2.59. The molecule has 0 fully saturated rings. The quantitative estimate of drug-likeness (QED) is 0.0879. The minimum Gasteiger partial charge on any atom is -0.394 e. The molecule has 4 N–H and O–H groups in total. The molecule has 0 bridgehead atoms. The number of halogens is 7. The Balaban J connectivity index is 1.93. The van der Waals surface area contributed by atoms with E-state index in [1.54, 1.807) is 0 Å². The predicted octanol–water partition coefficient (Wildman–Crippen LogP) is 6.17. The number of carbonyl (C=O) groups is 2. The monoisotopic (exact) mass is 745 g/mol. The number of benzene rings is 4. The molecule has 0 heterocycles. The van der Waals surface area contributed by atoms with Crippen LogP contribution >= 0.6 is 22.6 Å². The average molecular weight is 745 g/mol. The van der Waals surface area contributed by atoms with E-state index in [0.29, 0.717) is 21.3 Å². The smallest absolute Gasteiger partial charge is 0.277 e. The first kappa shape index (κ1) is 33.7. The average Bonchev–Trinajstić information content (AvgIpc) is 2.99. The second kappa shape index (κ2) is 14.3. The summed E-state index contributed by atoms with van der Waals surface area (Å²) in [6.07, 6.45) is -1.42. The molecule has 4 aromatic rings. The molecule has 0 saturated heterocycles. The second-order valence-electron chi connectivity index (χ2n) is 9.46. The van der Waals surface area contributed by atoms with Gasteiger partial charge in [-0.1, -0.05) is 6.07 Å². The van der Waals surface area contributed by atoms with Gasteiger partial charge in [0.2, 0.25) is 0 Å². The first-order valence-corrected chi connectivity index (χ1v) is 13.9. The van der Waals surface area contributed by atoms with Crippen molar-refractivity contribution in [1.29, 1.82) is 0 Å². The number of aliphatic hydroxyl groups is 2. The normalized spacial score (nSPS) is 11.7. The number of rotatable bonds is 10. The highest BCUT2D eigenvalue weighted by Gasteiger charge is 2.34. The van der Waals surface area contributed by atoms with Gasteiger partial charge in [-0.3, -0.25) is 19.3 Å². The van der Waals surface area contributed by atoms with E-state index in [0.717, 1.165) is 30.3 Å². The van der Waals surface area contributed by atoms with Gasteiger partial charge in [-0.15, -0.1) is 0 Å². The SMILES string of the molecule is Cc1ccc(N(C(=O)c2ccc(F)c(F)c2Nc2ccc(I)cc2F)c2c(C(=O)NOC[C@H](O)CO)ccc(F)c2F)c(F)c1. The summed E-state index contributed by atoms with van der Waals surface area (Å²) in [5, 5.41) is 20.7. The van der Waals surface area contributed by atoms with Crippen LogP contribution in [0, 0.1) is 45.4 Å². The van der Waals surface area contributed by atoms with Crippen LogP contribution in [0.15, 0.2) is 60.7 Å². The zero-order valence-corrected chi connectivity index (χ0v) is 25.1. The Morgan fingerprint density at radius 3 is 2.18 bits per heavy atom. The van der Waals surface area contributed by atoms with Crippen molar-refractivity contribution >= 4 is 57.2 Å². The van der Waals surface area contributed by atoms with Crippen molar-refractivity contribution < 1.29 is 51.0 Å². The van der Waals surface area contributed by atoms with E-state index in [1.807, 2.05) is 28.1 Å². The van der Waals surface area contributed by atoms with E-state index in [-0.39, 0.29) is 10.6 Å². The molecule has 15 heteroatoms. The molecule has 0 radical (unpaired) electrons. The van der Waals surface area contributed by atoms with Crippen LogP contribution in [-0.4, -0.2) is 41.3 Å². The summed E-state index contributed by atoms with van der Waals surface area (Å²) in [5.74, 6) is -11.4. The number of hydroxylamine groups is 1. The van der Waals surface area contributed by atoms with Crippen LogP contribution in [0.5, 0.6) is 0 Å². The van der Waals surface area contributed by atoms with Crippen molar-refractivity contribution in [1.82, 2.24) is 5.48 Å². The minimum absolute atomic E-state index is 0.243. The van der Waals surface area contributed by atoms with Gasteiger partial charge >= 0.3 is 0 Å². The maximum absolute atomic E-state index is 15.6. The Morgan fingerprint density at radius 2 is 1.53 bits per heavy atom. The molecule has 0 aliphatic carbocycles. The summed E-state index contributed by atoms with van der Waals surface area (Å²) < 4.78 is 90.6. The zero-order valence-electron chi connectivity index (χ0n) is 23.0. The van der Waals surface area contributed by atoms with Gasteiger partial charge in [-0.05, 0) is 89.7 Å². The molecule has 0 unspecified atom stereocenters. The van der Waals surface area contributed by atoms with Gasteiger partial charge in [0.05, 0.1) is 34.8 Å². The van der Waals surface area contributed by atoms with Crippen molar-refractivity contribution in [3.63, 3.8) is 0 Å². The molecular formula is C30H22F6IN3O5. The Morgan fingerprint density at radius 1 is 0.867 bits per heavy atom. The molecule has 4 aromatic carbocycles. The lowest BCUT2D eigenvalue weighted by Gasteiger charge is -2.27. The maximum Gasteiger partial charge on any atom is 0.277 e. The van der Waals surface area contributed by atoms with Crippen LogP contribution in [-0.2, 0) is 4.84 Å². The highest BCUT2D eigenvalue weighted by atomic mass is 127. The zero-order chi connectivity index (χ0) is 33.0. The molecular weight excluding hydrogens is 723 g/mol. The lowest BCUT2D eigenvalue weighted by Crippen LogP contribution is -2.34. The van der Waals surface area contributed by atoms with Gasteiger partial charge in [0, 0.05) is 3.57 Å². The standard InChI is InChI=1S/C30H22F6IN3O5/c1-14-2-9-24(22(34)10-14)40(28-18(5-7-20(32)26(28)36)29(43)39-45-13-16(42)12-41)30(44)17-4-6-19(31)25(35)27(17)38-23-8-3-15(37)11-21(23)33/h2-11,16,38,41-42H,12-13H2,1H3,(H,39,43)/t16-/m1/s1. The van der Waals surface area contributed by atoms with Gasteiger partial charge in [-0.25, -0.2) is 31.8 Å². The fourth-order valence-corrected chi connectivity index (χ4v) is 4.53. The molecule has 4 rings (SSSR count). The molecule has 45 heavy (non-hydrogen) atoms. The molecule has 1 atom stereocenters. The topological polar surface area (TPSA) is 111 Å². The maximum atomic E-state index is 15.6. The van der Waals surface area contributed by atoms with Gasteiger partial charge in [0.15, 0.2) is 23.3 Å². The number of nitrogens with zero attached hydrogens (tertiary/aromatic N) is 1. The Labute approximate surface area is 265 Å². The van der Waals surface area contributed by atoms with Gasteiger partial charge in [0.25, 0.3) is 11.8 Å². The van der Waals surface area contributed by atoms with Crippen LogP contribution in [0.1, 0.15) is 26.3 Å². The first-order chi connectivity index (χ1) is 21.3. The lowest BCUT2D eigenvalue weighted by molar-refractivity contribution is -0.0295. The number of anilines is 4. The number of aryl methyl sites for hydroxylation is 1. The first-order valence-electron chi connectivity index (χ1n) is 12.8. The molecule has 236 valence electrons. The summed E-state index contributed by atoms with van der Waals surface area (Å²) in [6, 6.07) is 9.49. The number of amides is 2. The molecule has 2 amide bonds. The van der Waals surface area contributed by atoms with Gasteiger partial charge in [-0.2, -0.15) is 0 Å². The molecule has 0 aliphatic rings. The Bertz CT molecular complexity index is 1780. The fourth-order valence-electron chi connectivity index (χ4n) is 4.07. The molecule has 0 saturated carbocycles. The largest absolute Gasteiger partial charge is 0.394 e. The number of carbonyl (C=O) groups excluding carboxylic acids is 2. The third-order valence-electron chi connectivity index (χ3n) is 6.25. The predicted molar refractivity (Wildman–Crippen MR) is 159 cm³/mol. The summed E-state index contributed by atoms with van der Waals surface area (Å²) in [6.45, 7) is 0.124. The Hall–Kier alpha value is -4.19. The van der Waals surface area contributed by atoms with E-state index < -0.39 is 94.2 Å². The highest BCUT2D eigenvalue weighted by Crippen LogP contribution is 2.38. The van der Waals surface area contributed by atoms with Crippen molar-refractivity contribution in [3.8, 4) is 0 Å². The van der Waals surface area contributed by atoms with E-state index in [2.05, 4.69) is 5.32 Å². The summed E-state index contributed by atoms with van der Waals surface area (Å²) >= 11 is 1.81. The van der Waals surface area contributed by atoms with E-state index in [4.69, 9.17) is 9.94 Å². The van der Waals surface area contributed by atoms with E-state index in [9.17, 15) is 27.9 Å². The van der Waals surface area contributed by atoms with Crippen molar-refractivity contribution in [2.24, 2.45) is 0 Å². The second-order valence-corrected chi connectivity index (χ2v) is 10.7. The molecule has 8 nitrogen and oxygen atoms in total. The highest BCUT2D eigenvalue weighted by molar-refractivity contribution is 14.1. The van der Waals surface area contributed by atoms with Crippen LogP contribution in [0.3, 0.4) is 0 Å².